The third-order valence-corrected chi connectivity index (χ3v) is 3.58. The fourth-order valence-corrected chi connectivity index (χ4v) is 2.49. The highest BCUT2D eigenvalue weighted by molar-refractivity contribution is 6.32. The van der Waals surface area contributed by atoms with Crippen molar-refractivity contribution in [2.75, 3.05) is 11.1 Å². The Morgan fingerprint density at radius 2 is 2.11 bits per heavy atom. The van der Waals surface area contributed by atoms with Crippen LogP contribution in [0.1, 0.15) is 23.6 Å². The molecule has 1 unspecified atom stereocenters. The van der Waals surface area contributed by atoms with E-state index in [4.69, 9.17) is 17.3 Å². The van der Waals surface area contributed by atoms with E-state index in [0.717, 1.165) is 12.8 Å². The van der Waals surface area contributed by atoms with Gasteiger partial charge in [-0.1, -0.05) is 35.9 Å². The molecule has 0 saturated heterocycles. The van der Waals surface area contributed by atoms with Crippen molar-refractivity contribution >= 4 is 23.1 Å². The summed E-state index contributed by atoms with van der Waals surface area (Å²) in [4.78, 5) is 7.99. The monoisotopic (exact) mass is 260 g/mol. The van der Waals surface area contributed by atoms with Crippen LogP contribution in [0.25, 0.3) is 0 Å². The fourth-order valence-electron chi connectivity index (χ4n) is 2.36. The van der Waals surface area contributed by atoms with Crippen LogP contribution in [-0.2, 0) is 6.42 Å². The number of halogens is 1. The van der Waals surface area contributed by atoms with Gasteiger partial charge in [-0.05, 0) is 24.0 Å². The molecule has 1 heterocycles. The zero-order valence-electron chi connectivity index (χ0n) is 9.73. The summed E-state index contributed by atoms with van der Waals surface area (Å²) >= 11 is 5.88. The Kier molecular flexibility index (Phi) is 2.80. The average molecular weight is 261 g/mol. The summed E-state index contributed by atoms with van der Waals surface area (Å²) in [6.45, 7) is 0. The molecule has 0 saturated carbocycles. The number of nitrogen functional groups attached to an aromatic ring is 1. The normalized spacial score (nSPS) is 17.5. The van der Waals surface area contributed by atoms with Gasteiger partial charge in [0.25, 0.3) is 0 Å². The van der Waals surface area contributed by atoms with Crippen molar-refractivity contribution in [1.29, 1.82) is 0 Å². The van der Waals surface area contributed by atoms with Crippen LogP contribution in [0.15, 0.2) is 30.6 Å². The molecular weight excluding hydrogens is 248 g/mol. The average Bonchev–Trinajstić information content (AvgIpc) is 2.79. The molecule has 0 fully saturated rings. The van der Waals surface area contributed by atoms with Gasteiger partial charge in [0.15, 0.2) is 11.0 Å². The lowest BCUT2D eigenvalue weighted by Crippen LogP contribution is -2.11. The van der Waals surface area contributed by atoms with E-state index < -0.39 is 0 Å². The molecular formula is C13H13ClN4. The van der Waals surface area contributed by atoms with Gasteiger partial charge in [0.1, 0.15) is 12.0 Å². The summed E-state index contributed by atoms with van der Waals surface area (Å²) in [5.74, 6) is 0.608. The van der Waals surface area contributed by atoms with Crippen LogP contribution in [0, 0.1) is 0 Å². The Bertz CT molecular complexity index is 585. The first-order valence-electron chi connectivity index (χ1n) is 5.86. The topological polar surface area (TPSA) is 63.8 Å². The van der Waals surface area contributed by atoms with Gasteiger partial charge in [-0.25, -0.2) is 9.97 Å². The summed E-state index contributed by atoms with van der Waals surface area (Å²) < 4.78 is 0. The number of fused-ring (bicyclic) bond motifs is 1. The Labute approximate surface area is 110 Å². The second kappa shape index (κ2) is 4.46. The Morgan fingerprint density at radius 1 is 1.28 bits per heavy atom. The molecule has 1 aromatic heterocycles. The van der Waals surface area contributed by atoms with E-state index >= 15 is 0 Å². The molecule has 1 aliphatic rings. The molecule has 0 spiro atoms. The van der Waals surface area contributed by atoms with E-state index in [2.05, 4.69) is 39.6 Å². The summed E-state index contributed by atoms with van der Waals surface area (Å²) in [6, 6.07) is 8.66. The third-order valence-electron chi connectivity index (χ3n) is 3.28. The van der Waals surface area contributed by atoms with E-state index in [9.17, 15) is 0 Å². The lowest BCUT2D eigenvalue weighted by Gasteiger charge is -2.16. The van der Waals surface area contributed by atoms with Gasteiger partial charge in [-0.2, -0.15) is 0 Å². The van der Waals surface area contributed by atoms with Crippen LogP contribution < -0.4 is 11.1 Å². The lowest BCUT2D eigenvalue weighted by atomic mass is 10.1. The maximum Gasteiger partial charge on any atom is 0.157 e. The van der Waals surface area contributed by atoms with E-state index in [0.29, 0.717) is 16.7 Å². The van der Waals surface area contributed by atoms with Gasteiger partial charge in [-0.15, -0.1) is 0 Å². The number of nitrogens with zero attached hydrogens (tertiary/aromatic N) is 2. The summed E-state index contributed by atoms with van der Waals surface area (Å²) in [5, 5.41) is 3.64. The molecule has 3 rings (SSSR count). The van der Waals surface area contributed by atoms with Gasteiger partial charge in [0.05, 0.1) is 6.04 Å². The maximum absolute atomic E-state index is 5.88. The van der Waals surface area contributed by atoms with E-state index in [-0.39, 0.29) is 6.04 Å². The van der Waals surface area contributed by atoms with E-state index in [1.165, 1.54) is 17.5 Å². The highest BCUT2D eigenvalue weighted by Crippen LogP contribution is 2.35. The third kappa shape index (κ3) is 1.88. The smallest absolute Gasteiger partial charge is 0.157 e. The standard InChI is InChI=1S/C13H13ClN4/c14-12-11(15)13(17-7-16-12)18-10-6-5-8-3-1-2-4-9(8)10/h1-4,7,10H,5-6,15H2,(H,16,17,18). The van der Waals surface area contributed by atoms with Crippen LogP contribution in [0.2, 0.25) is 5.15 Å². The first kappa shape index (κ1) is 11.3. The zero-order chi connectivity index (χ0) is 12.5. The zero-order valence-corrected chi connectivity index (χ0v) is 10.5. The molecule has 4 nitrogen and oxygen atoms in total. The minimum atomic E-state index is 0.245. The molecule has 1 aliphatic carbocycles. The summed E-state index contributed by atoms with van der Waals surface area (Å²) in [5.41, 5.74) is 8.96. The molecule has 5 heteroatoms. The predicted octanol–water partition coefficient (Wildman–Crippen LogP) is 2.81. The van der Waals surface area contributed by atoms with Gasteiger partial charge in [0.2, 0.25) is 0 Å². The van der Waals surface area contributed by atoms with Crippen molar-refractivity contribution in [3.8, 4) is 0 Å². The lowest BCUT2D eigenvalue weighted by molar-refractivity contribution is 0.757. The second-order valence-corrected chi connectivity index (χ2v) is 4.72. The van der Waals surface area contributed by atoms with Crippen LogP contribution in [-0.4, -0.2) is 9.97 Å². The highest BCUT2D eigenvalue weighted by Gasteiger charge is 2.22. The Hall–Kier alpha value is -1.81. The SMILES string of the molecule is Nc1c(Cl)ncnc1NC1CCc2ccccc21. The number of nitrogens with two attached hydrogens (primary N) is 1. The van der Waals surface area contributed by atoms with Crippen molar-refractivity contribution in [3.05, 3.63) is 46.9 Å². The molecule has 0 amide bonds. The van der Waals surface area contributed by atoms with Crippen molar-refractivity contribution in [3.63, 3.8) is 0 Å². The summed E-state index contributed by atoms with van der Waals surface area (Å²) in [6.07, 6.45) is 3.54. The molecule has 3 N–H and O–H groups in total. The van der Waals surface area contributed by atoms with Gasteiger partial charge >= 0.3 is 0 Å². The van der Waals surface area contributed by atoms with Crippen molar-refractivity contribution in [1.82, 2.24) is 9.97 Å². The number of aryl methyl sites for hydroxylation is 1. The molecule has 18 heavy (non-hydrogen) atoms. The number of hydrogen-bond acceptors (Lipinski definition) is 4. The molecule has 1 aromatic carbocycles. The number of hydrogen-bond donors (Lipinski definition) is 2. The van der Waals surface area contributed by atoms with Crippen LogP contribution >= 0.6 is 11.6 Å². The van der Waals surface area contributed by atoms with Crippen LogP contribution in [0.5, 0.6) is 0 Å². The Balaban J connectivity index is 1.89. The van der Waals surface area contributed by atoms with Crippen LogP contribution in [0.3, 0.4) is 0 Å². The molecule has 2 aromatic rings. The minimum Gasteiger partial charge on any atom is -0.393 e. The molecule has 1 atom stereocenters. The number of aromatic nitrogens is 2. The number of anilines is 2. The number of rotatable bonds is 2. The predicted molar refractivity (Wildman–Crippen MR) is 72.6 cm³/mol. The van der Waals surface area contributed by atoms with E-state index in [1.54, 1.807) is 0 Å². The first-order chi connectivity index (χ1) is 8.75. The molecule has 0 bridgehead atoms. The fraction of sp³-hybridized carbons (Fsp3) is 0.231. The van der Waals surface area contributed by atoms with Crippen molar-refractivity contribution in [2.45, 2.75) is 18.9 Å². The highest BCUT2D eigenvalue weighted by atomic mass is 35.5. The van der Waals surface area contributed by atoms with Gasteiger partial charge in [-0.3, -0.25) is 0 Å². The Morgan fingerprint density at radius 3 is 3.00 bits per heavy atom. The number of nitrogens with one attached hydrogen (secondary N) is 1. The molecule has 0 aliphatic heterocycles. The second-order valence-electron chi connectivity index (χ2n) is 4.36. The quantitative estimate of drug-likeness (QED) is 0.815. The molecule has 0 radical (unpaired) electrons. The molecule has 92 valence electrons. The van der Waals surface area contributed by atoms with Crippen LogP contribution in [0.4, 0.5) is 11.5 Å². The largest absolute Gasteiger partial charge is 0.393 e. The number of benzene rings is 1. The first-order valence-corrected chi connectivity index (χ1v) is 6.24. The van der Waals surface area contributed by atoms with Crippen molar-refractivity contribution < 1.29 is 0 Å². The van der Waals surface area contributed by atoms with Gasteiger partial charge < -0.3 is 11.1 Å². The van der Waals surface area contributed by atoms with Gasteiger partial charge in [0, 0.05) is 0 Å². The minimum absolute atomic E-state index is 0.245. The maximum atomic E-state index is 5.88. The summed E-state index contributed by atoms with van der Waals surface area (Å²) in [7, 11) is 0. The van der Waals surface area contributed by atoms with Crippen molar-refractivity contribution in [2.24, 2.45) is 0 Å². The van der Waals surface area contributed by atoms with E-state index in [1.807, 2.05) is 0 Å².